The van der Waals surface area contributed by atoms with Gasteiger partial charge >= 0.3 is 18.2 Å². The number of amides is 1. The number of ether oxygens (including phenoxy) is 4. The number of piperidine rings is 2. The van der Waals surface area contributed by atoms with E-state index in [1.165, 1.54) is 19.3 Å². The van der Waals surface area contributed by atoms with Gasteiger partial charge in [-0.05, 0) is 81.4 Å². The molecule has 4 aliphatic heterocycles. The first-order valence-electron chi connectivity index (χ1n) is 16.7. The van der Waals surface area contributed by atoms with Gasteiger partial charge in [0.05, 0.1) is 36.1 Å². The zero-order chi connectivity index (χ0) is 32.9. The predicted molar refractivity (Wildman–Crippen MR) is 171 cm³/mol. The maximum atomic E-state index is 13.9. The fourth-order valence-corrected chi connectivity index (χ4v) is 7.81. The SMILES string of the molecule is CCc1c2c(nc3ccc(OC(=O)N4CCC(N5CCCCC5)CC4)cc13)-c1cc3c(c(=O)n1C2)COC(=O)[C@@]3(CC)OC(=O)OC. The summed E-state index contributed by atoms with van der Waals surface area (Å²) in [6, 6.07) is 7.69. The molecular weight excluding hydrogens is 604 g/mol. The zero-order valence-corrected chi connectivity index (χ0v) is 27.1. The third-order valence-electron chi connectivity index (χ3n) is 10.4. The van der Waals surface area contributed by atoms with Crippen molar-refractivity contribution in [3.63, 3.8) is 0 Å². The van der Waals surface area contributed by atoms with Crippen LogP contribution in [0, 0.1) is 0 Å². The number of hydrogen-bond acceptors (Lipinski definition) is 10. The van der Waals surface area contributed by atoms with Crippen molar-refractivity contribution in [1.82, 2.24) is 19.4 Å². The number of carbonyl (C=O) groups excluding carboxylic acids is 3. The van der Waals surface area contributed by atoms with Crippen molar-refractivity contribution < 1.29 is 33.3 Å². The molecule has 0 saturated carbocycles. The van der Waals surface area contributed by atoms with Gasteiger partial charge in [0.15, 0.2) is 0 Å². The van der Waals surface area contributed by atoms with Crippen molar-refractivity contribution in [2.45, 2.75) is 83.6 Å². The number of fused-ring (bicyclic) bond motifs is 5. The number of aromatic nitrogens is 2. The van der Waals surface area contributed by atoms with Crippen LogP contribution >= 0.6 is 0 Å². The van der Waals surface area contributed by atoms with Crippen LogP contribution in [0.4, 0.5) is 9.59 Å². The van der Waals surface area contributed by atoms with Crippen LogP contribution in [0.1, 0.15) is 74.6 Å². The van der Waals surface area contributed by atoms with Gasteiger partial charge in [-0.3, -0.25) is 4.79 Å². The normalized spacial score (nSPS) is 21.1. The van der Waals surface area contributed by atoms with Crippen molar-refractivity contribution in [3.05, 3.63) is 56.9 Å². The molecule has 2 fully saturated rings. The van der Waals surface area contributed by atoms with Crippen molar-refractivity contribution >= 4 is 29.1 Å². The lowest BCUT2D eigenvalue weighted by Gasteiger charge is -2.39. The van der Waals surface area contributed by atoms with Crippen LogP contribution in [0.2, 0.25) is 0 Å². The fourth-order valence-electron chi connectivity index (χ4n) is 7.81. The first-order chi connectivity index (χ1) is 22.8. The second kappa shape index (κ2) is 12.3. The van der Waals surface area contributed by atoms with E-state index < -0.39 is 17.7 Å². The number of nitrogens with zero attached hydrogens (tertiary/aromatic N) is 4. The largest absolute Gasteiger partial charge is 0.509 e. The summed E-state index contributed by atoms with van der Waals surface area (Å²) in [5.74, 6) is -0.307. The lowest BCUT2D eigenvalue weighted by atomic mass is 9.85. The van der Waals surface area contributed by atoms with Crippen molar-refractivity contribution in [2.24, 2.45) is 0 Å². The molecule has 3 aromatic rings. The predicted octanol–water partition coefficient (Wildman–Crippen LogP) is 4.88. The minimum Gasteiger partial charge on any atom is -0.457 e. The summed E-state index contributed by atoms with van der Waals surface area (Å²) in [4.78, 5) is 61.7. The van der Waals surface area contributed by atoms with Crippen LogP contribution in [0.3, 0.4) is 0 Å². The number of methoxy groups -OCH3 is 1. The summed E-state index contributed by atoms with van der Waals surface area (Å²) in [6.45, 7) is 7.45. The quantitative estimate of drug-likeness (QED) is 0.277. The van der Waals surface area contributed by atoms with Crippen LogP contribution in [-0.4, -0.2) is 76.9 Å². The number of aryl methyl sites for hydroxylation is 1. The van der Waals surface area contributed by atoms with Gasteiger partial charge in [0.1, 0.15) is 12.4 Å². The molecule has 4 aliphatic rings. The number of benzene rings is 1. The Hall–Kier alpha value is -4.45. The summed E-state index contributed by atoms with van der Waals surface area (Å²) in [5, 5.41) is 0.849. The van der Waals surface area contributed by atoms with E-state index in [-0.39, 0.29) is 42.4 Å². The zero-order valence-electron chi connectivity index (χ0n) is 27.1. The maximum Gasteiger partial charge on any atom is 0.509 e. The van der Waals surface area contributed by atoms with Gasteiger partial charge < -0.3 is 33.3 Å². The van der Waals surface area contributed by atoms with Gasteiger partial charge in [-0.2, -0.15) is 0 Å². The number of carbonyl (C=O) groups is 3. The average molecular weight is 645 g/mol. The first kappa shape index (κ1) is 31.2. The molecule has 12 heteroatoms. The Morgan fingerprint density at radius 3 is 2.49 bits per heavy atom. The molecule has 0 aliphatic carbocycles. The highest BCUT2D eigenvalue weighted by atomic mass is 16.7. The third-order valence-corrected chi connectivity index (χ3v) is 10.4. The number of likely N-dealkylation sites (tertiary alicyclic amines) is 2. The Balaban J connectivity index is 1.18. The number of esters is 1. The molecule has 1 aromatic carbocycles. The van der Waals surface area contributed by atoms with E-state index in [9.17, 15) is 19.2 Å². The summed E-state index contributed by atoms with van der Waals surface area (Å²) in [5.41, 5.74) is 2.10. The van der Waals surface area contributed by atoms with Gasteiger partial charge in [0.2, 0.25) is 5.60 Å². The molecule has 7 rings (SSSR count). The average Bonchev–Trinajstić information content (AvgIpc) is 3.47. The summed E-state index contributed by atoms with van der Waals surface area (Å²) in [7, 11) is 1.15. The van der Waals surface area contributed by atoms with Crippen LogP contribution in [0.25, 0.3) is 22.3 Å². The summed E-state index contributed by atoms with van der Waals surface area (Å²) >= 11 is 0. The molecule has 0 N–H and O–H groups in total. The molecule has 12 nitrogen and oxygen atoms in total. The van der Waals surface area contributed by atoms with Gasteiger partial charge in [-0.25, -0.2) is 19.4 Å². The van der Waals surface area contributed by atoms with Gasteiger partial charge in [-0.1, -0.05) is 20.3 Å². The summed E-state index contributed by atoms with van der Waals surface area (Å²) in [6.07, 6.45) is 5.05. The Labute approximate surface area is 272 Å². The van der Waals surface area contributed by atoms with E-state index in [1.54, 1.807) is 28.5 Å². The molecule has 1 atom stereocenters. The molecule has 2 saturated heterocycles. The molecule has 47 heavy (non-hydrogen) atoms. The second-order valence-electron chi connectivity index (χ2n) is 12.8. The van der Waals surface area contributed by atoms with Crippen LogP contribution in [0.5, 0.6) is 5.75 Å². The van der Waals surface area contributed by atoms with Crippen LogP contribution in [-0.2, 0) is 44.2 Å². The Morgan fingerprint density at radius 2 is 1.79 bits per heavy atom. The van der Waals surface area contributed by atoms with Gasteiger partial charge in [0, 0.05) is 35.6 Å². The lowest BCUT2D eigenvalue weighted by molar-refractivity contribution is -0.175. The minimum absolute atomic E-state index is 0.0486. The smallest absolute Gasteiger partial charge is 0.457 e. The van der Waals surface area contributed by atoms with E-state index >= 15 is 0 Å². The van der Waals surface area contributed by atoms with Crippen LogP contribution < -0.4 is 10.3 Å². The Bertz CT molecular complexity index is 1820. The fraction of sp³-hybridized carbons (Fsp3) is 0.514. The highest BCUT2D eigenvalue weighted by molar-refractivity contribution is 5.90. The lowest BCUT2D eigenvalue weighted by Crippen LogP contribution is -2.48. The van der Waals surface area contributed by atoms with Crippen LogP contribution in [0.15, 0.2) is 29.1 Å². The molecule has 0 radical (unpaired) electrons. The third kappa shape index (κ3) is 5.22. The Morgan fingerprint density at radius 1 is 1.02 bits per heavy atom. The van der Waals surface area contributed by atoms with Gasteiger partial charge in [0.25, 0.3) is 5.56 Å². The van der Waals surface area contributed by atoms with E-state index in [0.717, 1.165) is 49.6 Å². The number of rotatable bonds is 5. The van der Waals surface area contributed by atoms with E-state index in [4.69, 9.17) is 23.9 Å². The second-order valence-corrected chi connectivity index (χ2v) is 12.8. The molecule has 0 spiro atoms. The topological polar surface area (TPSA) is 130 Å². The number of hydrogen-bond donors (Lipinski definition) is 0. The van der Waals surface area contributed by atoms with Crippen molar-refractivity contribution in [2.75, 3.05) is 33.3 Å². The van der Waals surface area contributed by atoms with Crippen molar-refractivity contribution in [3.8, 4) is 17.1 Å². The molecule has 0 bridgehead atoms. The minimum atomic E-state index is -1.82. The summed E-state index contributed by atoms with van der Waals surface area (Å²) < 4.78 is 23.1. The molecule has 248 valence electrons. The molecule has 2 aromatic heterocycles. The molecule has 1 amide bonds. The first-order valence-corrected chi connectivity index (χ1v) is 16.7. The van der Waals surface area contributed by atoms with Crippen molar-refractivity contribution in [1.29, 1.82) is 0 Å². The van der Waals surface area contributed by atoms with E-state index in [1.807, 2.05) is 19.1 Å². The standard InChI is InChI=1S/C35H40N4O8/c1-4-23-24-17-22(46-33(42)38-15-11-21(12-16-38)37-13-7-6-8-14-37)9-10-28(24)36-30-25(23)19-39-29(30)18-27-26(31(39)40)20-45-32(41)35(27,5-2)47-34(43)44-3/h9-10,17-18,21H,4-8,11-16,19-20H2,1-3H3/t35-/m0/s1. The highest BCUT2D eigenvalue weighted by Gasteiger charge is 2.51. The van der Waals surface area contributed by atoms with E-state index in [2.05, 4.69) is 4.90 Å². The highest BCUT2D eigenvalue weighted by Crippen LogP contribution is 2.42. The number of cyclic esters (lactones) is 1. The monoisotopic (exact) mass is 644 g/mol. The molecular formula is C35H40N4O8. The molecule has 6 heterocycles. The maximum absolute atomic E-state index is 13.9. The van der Waals surface area contributed by atoms with E-state index in [0.29, 0.717) is 48.2 Å². The Kier molecular flexibility index (Phi) is 8.15. The molecule has 0 unspecified atom stereocenters. The number of pyridine rings is 2. The van der Waals surface area contributed by atoms with Gasteiger partial charge in [-0.15, -0.1) is 0 Å².